The van der Waals surface area contributed by atoms with Crippen molar-refractivity contribution in [2.45, 2.75) is 31.7 Å². The van der Waals surface area contributed by atoms with Crippen molar-refractivity contribution in [3.05, 3.63) is 28.7 Å². The number of nitrogens with zero attached hydrogens (tertiary/aromatic N) is 1. The second-order valence-corrected chi connectivity index (χ2v) is 4.90. The van der Waals surface area contributed by atoms with Gasteiger partial charge in [-0.05, 0) is 31.4 Å². The smallest absolute Gasteiger partial charge is 0.250 e. The van der Waals surface area contributed by atoms with Gasteiger partial charge in [-0.2, -0.15) is 0 Å². The molecule has 2 rings (SSSR count). The van der Waals surface area contributed by atoms with Crippen LogP contribution in [0.1, 0.15) is 25.7 Å². The number of hydrogen-bond acceptors (Lipinski definition) is 3. The molecule has 4 nitrogen and oxygen atoms in total. The maximum absolute atomic E-state index is 11.3. The van der Waals surface area contributed by atoms with Crippen molar-refractivity contribution in [3.8, 4) is 0 Å². The molecule has 0 radical (unpaired) electrons. The largest absolute Gasteiger partial charge is 0.381 e. The van der Waals surface area contributed by atoms with Crippen LogP contribution in [-0.4, -0.2) is 17.2 Å². The molecule has 1 aliphatic carbocycles. The van der Waals surface area contributed by atoms with E-state index in [0.717, 1.165) is 12.2 Å². The molecule has 0 aromatic carbocycles. The Morgan fingerprint density at radius 1 is 1.41 bits per heavy atom. The van der Waals surface area contributed by atoms with E-state index in [-0.39, 0.29) is 5.56 Å². The fourth-order valence-corrected chi connectivity index (χ4v) is 2.57. The minimum atomic E-state index is 0.0227. The Balaban J connectivity index is 2.08. The zero-order valence-corrected chi connectivity index (χ0v) is 10.4. The van der Waals surface area contributed by atoms with E-state index in [1.807, 2.05) is 12.3 Å². The first kappa shape index (κ1) is 12.2. The molecule has 94 valence electrons. The SMILES string of the molecule is Cn1cc(NC2CCCCC2CN)ccc1=O. The second kappa shape index (κ2) is 5.36. The van der Waals surface area contributed by atoms with Crippen LogP contribution >= 0.6 is 0 Å². The van der Waals surface area contributed by atoms with Gasteiger partial charge >= 0.3 is 0 Å². The fraction of sp³-hybridized carbons (Fsp3) is 0.615. The number of rotatable bonds is 3. The first-order valence-electron chi connectivity index (χ1n) is 6.34. The molecular weight excluding hydrogens is 214 g/mol. The normalized spacial score (nSPS) is 24.6. The molecule has 17 heavy (non-hydrogen) atoms. The van der Waals surface area contributed by atoms with Crippen LogP contribution in [0.3, 0.4) is 0 Å². The molecule has 1 aromatic heterocycles. The van der Waals surface area contributed by atoms with E-state index in [1.54, 1.807) is 17.7 Å². The van der Waals surface area contributed by atoms with Gasteiger partial charge in [0.2, 0.25) is 5.56 Å². The minimum Gasteiger partial charge on any atom is -0.381 e. The monoisotopic (exact) mass is 235 g/mol. The maximum Gasteiger partial charge on any atom is 0.250 e. The van der Waals surface area contributed by atoms with Crippen molar-refractivity contribution < 1.29 is 0 Å². The van der Waals surface area contributed by atoms with Gasteiger partial charge in [-0.25, -0.2) is 0 Å². The van der Waals surface area contributed by atoms with Crippen LogP contribution in [0.15, 0.2) is 23.1 Å². The summed E-state index contributed by atoms with van der Waals surface area (Å²) in [5.41, 5.74) is 6.84. The molecule has 0 aliphatic heterocycles. The van der Waals surface area contributed by atoms with Crippen LogP contribution in [0, 0.1) is 5.92 Å². The van der Waals surface area contributed by atoms with E-state index in [2.05, 4.69) is 5.32 Å². The number of nitrogens with one attached hydrogen (secondary N) is 1. The summed E-state index contributed by atoms with van der Waals surface area (Å²) in [4.78, 5) is 11.3. The second-order valence-electron chi connectivity index (χ2n) is 4.90. The average Bonchev–Trinajstić information content (AvgIpc) is 2.34. The highest BCUT2D eigenvalue weighted by molar-refractivity contribution is 5.41. The fourth-order valence-electron chi connectivity index (χ4n) is 2.57. The van der Waals surface area contributed by atoms with Crippen LogP contribution in [0.5, 0.6) is 0 Å². The number of nitrogens with two attached hydrogens (primary N) is 1. The molecule has 1 heterocycles. The quantitative estimate of drug-likeness (QED) is 0.830. The molecule has 1 fully saturated rings. The predicted molar refractivity (Wildman–Crippen MR) is 70.1 cm³/mol. The van der Waals surface area contributed by atoms with Crippen molar-refractivity contribution in [2.75, 3.05) is 11.9 Å². The lowest BCUT2D eigenvalue weighted by Crippen LogP contribution is -2.37. The van der Waals surface area contributed by atoms with Crippen LogP contribution in [0.2, 0.25) is 0 Å². The lowest BCUT2D eigenvalue weighted by molar-refractivity contribution is 0.332. The molecule has 4 heteroatoms. The van der Waals surface area contributed by atoms with Crippen molar-refractivity contribution in [2.24, 2.45) is 18.7 Å². The van der Waals surface area contributed by atoms with Crippen LogP contribution in [-0.2, 0) is 7.05 Å². The number of pyridine rings is 1. The Hall–Kier alpha value is -1.29. The summed E-state index contributed by atoms with van der Waals surface area (Å²) < 4.78 is 1.60. The number of aromatic nitrogens is 1. The zero-order chi connectivity index (χ0) is 12.3. The third-order valence-corrected chi connectivity index (χ3v) is 3.65. The van der Waals surface area contributed by atoms with E-state index < -0.39 is 0 Å². The van der Waals surface area contributed by atoms with Gasteiger partial charge in [-0.1, -0.05) is 12.8 Å². The average molecular weight is 235 g/mol. The van der Waals surface area contributed by atoms with Gasteiger partial charge in [0.15, 0.2) is 0 Å². The van der Waals surface area contributed by atoms with Crippen molar-refractivity contribution in [1.29, 1.82) is 0 Å². The standard InChI is InChI=1S/C13H21N3O/c1-16-9-11(6-7-13(16)17)15-12-5-3-2-4-10(12)8-14/h6-7,9-10,12,15H,2-5,8,14H2,1H3. The Morgan fingerprint density at radius 3 is 2.88 bits per heavy atom. The summed E-state index contributed by atoms with van der Waals surface area (Å²) in [6, 6.07) is 3.90. The Kier molecular flexibility index (Phi) is 3.84. The lowest BCUT2D eigenvalue weighted by atomic mass is 9.84. The summed E-state index contributed by atoms with van der Waals surface area (Å²) >= 11 is 0. The van der Waals surface area contributed by atoms with Crippen molar-refractivity contribution in [1.82, 2.24) is 4.57 Å². The molecule has 2 atom stereocenters. The molecule has 3 N–H and O–H groups in total. The lowest BCUT2D eigenvalue weighted by Gasteiger charge is -2.32. The van der Waals surface area contributed by atoms with Crippen molar-refractivity contribution >= 4 is 5.69 Å². The van der Waals surface area contributed by atoms with Gasteiger partial charge in [0.1, 0.15) is 0 Å². The summed E-state index contributed by atoms with van der Waals surface area (Å²) in [6.45, 7) is 0.740. The van der Waals surface area contributed by atoms with E-state index >= 15 is 0 Å². The summed E-state index contributed by atoms with van der Waals surface area (Å²) in [7, 11) is 1.77. The van der Waals surface area contributed by atoms with Gasteiger partial charge in [0.25, 0.3) is 0 Å². The van der Waals surface area contributed by atoms with Crippen molar-refractivity contribution in [3.63, 3.8) is 0 Å². The Bertz CT molecular complexity index is 427. The topological polar surface area (TPSA) is 60.1 Å². The maximum atomic E-state index is 11.3. The molecule has 0 saturated heterocycles. The highest BCUT2D eigenvalue weighted by atomic mass is 16.1. The molecule has 0 amide bonds. The van der Waals surface area contributed by atoms with Gasteiger partial charge < -0.3 is 15.6 Å². The highest BCUT2D eigenvalue weighted by Crippen LogP contribution is 2.26. The summed E-state index contributed by atoms with van der Waals surface area (Å²) in [5, 5.41) is 3.51. The molecule has 1 aromatic rings. The van der Waals surface area contributed by atoms with Gasteiger partial charge in [-0.15, -0.1) is 0 Å². The predicted octanol–water partition coefficient (Wildman–Crippen LogP) is 1.31. The first-order valence-corrected chi connectivity index (χ1v) is 6.34. The molecule has 1 aliphatic rings. The summed E-state index contributed by atoms with van der Waals surface area (Å²) in [5.74, 6) is 0.556. The summed E-state index contributed by atoms with van der Waals surface area (Å²) in [6.07, 6.45) is 6.78. The number of anilines is 1. The highest BCUT2D eigenvalue weighted by Gasteiger charge is 2.23. The van der Waals surface area contributed by atoms with E-state index in [4.69, 9.17) is 5.73 Å². The van der Waals surface area contributed by atoms with Crippen LogP contribution in [0.4, 0.5) is 5.69 Å². The van der Waals surface area contributed by atoms with Gasteiger partial charge in [0, 0.05) is 25.4 Å². The molecular formula is C13H21N3O. The molecule has 0 bridgehead atoms. The number of aryl methyl sites for hydroxylation is 1. The third kappa shape index (κ3) is 2.88. The number of hydrogen-bond donors (Lipinski definition) is 2. The Labute approximate surface area is 102 Å². The van der Waals surface area contributed by atoms with Gasteiger partial charge in [0.05, 0.1) is 5.69 Å². The van der Waals surface area contributed by atoms with Crippen LogP contribution < -0.4 is 16.6 Å². The minimum absolute atomic E-state index is 0.0227. The van der Waals surface area contributed by atoms with Crippen LogP contribution in [0.25, 0.3) is 0 Å². The van der Waals surface area contributed by atoms with E-state index in [0.29, 0.717) is 12.0 Å². The van der Waals surface area contributed by atoms with E-state index in [9.17, 15) is 4.79 Å². The Morgan fingerprint density at radius 2 is 2.18 bits per heavy atom. The third-order valence-electron chi connectivity index (χ3n) is 3.65. The molecule has 0 spiro atoms. The zero-order valence-electron chi connectivity index (χ0n) is 10.4. The molecule has 1 saturated carbocycles. The van der Waals surface area contributed by atoms with E-state index in [1.165, 1.54) is 25.7 Å². The first-order chi connectivity index (χ1) is 8.20. The van der Waals surface area contributed by atoms with Gasteiger partial charge in [-0.3, -0.25) is 4.79 Å². The molecule has 2 unspecified atom stereocenters.